The Morgan fingerprint density at radius 1 is 1.53 bits per heavy atom. The number of alkyl halides is 3. The van der Waals surface area contributed by atoms with E-state index in [0.717, 1.165) is 12.3 Å². The van der Waals surface area contributed by atoms with Crippen LogP contribution in [0.1, 0.15) is 25.3 Å². The van der Waals surface area contributed by atoms with Crippen LogP contribution >= 0.6 is 11.6 Å². The van der Waals surface area contributed by atoms with E-state index in [0.29, 0.717) is 12.8 Å². The van der Waals surface area contributed by atoms with Crippen LogP contribution in [0.4, 0.5) is 19.0 Å². The van der Waals surface area contributed by atoms with E-state index in [1.807, 2.05) is 6.92 Å². The van der Waals surface area contributed by atoms with Crippen LogP contribution in [-0.2, 0) is 11.0 Å². The highest BCUT2D eigenvalue weighted by Gasteiger charge is 2.34. The molecule has 0 N–H and O–H groups in total. The average Bonchev–Trinajstić information content (AvgIpc) is 2.69. The fourth-order valence-corrected chi connectivity index (χ4v) is 2.44. The first-order chi connectivity index (χ1) is 8.82. The van der Waals surface area contributed by atoms with Gasteiger partial charge in [0.05, 0.1) is 17.1 Å². The lowest BCUT2D eigenvalue weighted by atomic mass is 10.1. The topological polar surface area (TPSA) is 33.2 Å². The van der Waals surface area contributed by atoms with Crippen LogP contribution in [0.15, 0.2) is 12.3 Å². The van der Waals surface area contributed by atoms with Gasteiger partial charge in [-0.05, 0) is 12.5 Å². The summed E-state index contributed by atoms with van der Waals surface area (Å²) in [6, 6.07) is 0.800. The normalized spacial score (nSPS) is 20.2. The summed E-state index contributed by atoms with van der Waals surface area (Å²) in [6.07, 6.45) is -2.63. The van der Waals surface area contributed by atoms with E-state index in [1.54, 1.807) is 4.90 Å². The maximum Gasteiger partial charge on any atom is 0.417 e. The quantitative estimate of drug-likeness (QED) is 0.838. The molecule has 0 spiro atoms. The molecule has 0 amide bonds. The van der Waals surface area contributed by atoms with Gasteiger partial charge in [-0.1, -0.05) is 18.5 Å². The zero-order valence-electron chi connectivity index (χ0n) is 10.2. The maximum absolute atomic E-state index is 12.5. The molecular formula is C12H12ClF3N2O. The predicted molar refractivity (Wildman–Crippen MR) is 65.3 cm³/mol. The van der Waals surface area contributed by atoms with Gasteiger partial charge in [0.1, 0.15) is 5.82 Å². The molecule has 104 valence electrons. The Hall–Kier alpha value is -1.30. The molecule has 1 atom stereocenters. The van der Waals surface area contributed by atoms with E-state index in [9.17, 15) is 18.0 Å². The Kier molecular flexibility index (Phi) is 3.71. The smallest absolute Gasteiger partial charge is 0.345 e. The van der Waals surface area contributed by atoms with E-state index in [1.165, 1.54) is 0 Å². The second-order valence-corrected chi connectivity index (χ2v) is 4.87. The lowest BCUT2D eigenvalue weighted by Gasteiger charge is -2.24. The average molecular weight is 293 g/mol. The lowest BCUT2D eigenvalue weighted by Crippen LogP contribution is -2.30. The number of aromatic nitrogens is 1. The first-order valence-corrected chi connectivity index (χ1v) is 6.21. The largest absolute Gasteiger partial charge is 0.417 e. The van der Waals surface area contributed by atoms with Crippen LogP contribution in [0, 0.1) is 0 Å². The number of ketones is 1. The number of hydrogen-bond donors (Lipinski definition) is 0. The molecule has 2 heterocycles. The van der Waals surface area contributed by atoms with Crippen LogP contribution in [0.2, 0.25) is 5.02 Å². The summed E-state index contributed by atoms with van der Waals surface area (Å²) in [5, 5.41) is -0.0806. The molecule has 0 radical (unpaired) electrons. The molecule has 2 rings (SSSR count). The van der Waals surface area contributed by atoms with Crippen LogP contribution in [0.5, 0.6) is 0 Å². The third-order valence-corrected chi connectivity index (χ3v) is 3.42. The highest BCUT2D eigenvalue weighted by molar-refractivity contribution is 6.33. The number of carbonyl (C=O) groups excluding carboxylic acids is 1. The number of anilines is 1. The zero-order valence-corrected chi connectivity index (χ0v) is 10.9. The van der Waals surface area contributed by atoms with Gasteiger partial charge in [0.15, 0.2) is 5.78 Å². The molecule has 0 saturated carbocycles. The molecule has 1 aromatic heterocycles. The van der Waals surface area contributed by atoms with Gasteiger partial charge in [0, 0.05) is 18.7 Å². The number of nitrogens with zero attached hydrogens (tertiary/aromatic N) is 2. The van der Waals surface area contributed by atoms with Gasteiger partial charge < -0.3 is 4.90 Å². The summed E-state index contributed by atoms with van der Waals surface area (Å²) in [4.78, 5) is 16.9. The van der Waals surface area contributed by atoms with Crippen LogP contribution in [-0.4, -0.2) is 23.4 Å². The van der Waals surface area contributed by atoms with Crippen molar-refractivity contribution in [1.82, 2.24) is 4.98 Å². The van der Waals surface area contributed by atoms with Crippen molar-refractivity contribution in [3.05, 3.63) is 22.8 Å². The zero-order chi connectivity index (χ0) is 14.2. The Bertz CT molecular complexity index is 504. The van der Waals surface area contributed by atoms with Crippen LogP contribution < -0.4 is 4.90 Å². The Morgan fingerprint density at radius 2 is 2.21 bits per heavy atom. The maximum atomic E-state index is 12.5. The number of hydrogen-bond acceptors (Lipinski definition) is 3. The van der Waals surface area contributed by atoms with Crippen LogP contribution in [0.3, 0.4) is 0 Å². The molecule has 1 aliphatic rings. The summed E-state index contributed by atoms with van der Waals surface area (Å²) in [7, 11) is 0. The second kappa shape index (κ2) is 5.00. The molecule has 1 aliphatic heterocycles. The van der Waals surface area contributed by atoms with E-state index >= 15 is 0 Å². The van der Waals surface area contributed by atoms with E-state index in [2.05, 4.69) is 4.98 Å². The summed E-state index contributed by atoms with van der Waals surface area (Å²) < 4.78 is 37.5. The minimum absolute atomic E-state index is 0.0459. The Balaban J connectivity index is 2.34. The number of rotatable bonds is 2. The monoisotopic (exact) mass is 292 g/mol. The van der Waals surface area contributed by atoms with Gasteiger partial charge >= 0.3 is 6.18 Å². The predicted octanol–water partition coefficient (Wildman–Crippen LogP) is 3.31. The van der Waals surface area contributed by atoms with Crippen molar-refractivity contribution < 1.29 is 18.0 Å². The fourth-order valence-electron chi connectivity index (χ4n) is 2.17. The molecule has 1 fully saturated rings. The number of halogens is 4. The number of Topliss-reactive ketones (excluding diaryl/α,β-unsaturated/α-hetero) is 1. The van der Waals surface area contributed by atoms with Crippen molar-refractivity contribution in [3.8, 4) is 0 Å². The van der Waals surface area contributed by atoms with Gasteiger partial charge in [0.2, 0.25) is 0 Å². The highest BCUT2D eigenvalue weighted by atomic mass is 35.5. The first kappa shape index (κ1) is 14.1. The summed E-state index contributed by atoms with van der Waals surface area (Å²) in [6.45, 7) is 2.06. The summed E-state index contributed by atoms with van der Waals surface area (Å²) >= 11 is 5.87. The molecule has 3 nitrogen and oxygen atoms in total. The standard InChI is InChI=1S/C12H12ClF3N2O/c1-2-8-4-9(19)6-18(8)11-10(13)3-7(5-17-11)12(14,15)16/h3,5,8H,2,4,6H2,1H3. The van der Waals surface area contributed by atoms with E-state index in [4.69, 9.17) is 11.6 Å². The second-order valence-electron chi connectivity index (χ2n) is 4.46. The molecular weight excluding hydrogens is 281 g/mol. The van der Waals surface area contributed by atoms with Gasteiger partial charge in [-0.25, -0.2) is 4.98 Å². The highest BCUT2D eigenvalue weighted by Crippen LogP contribution is 2.35. The number of carbonyl (C=O) groups is 1. The SMILES string of the molecule is CCC1CC(=O)CN1c1ncc(C(F)(F)F)cc1Cl. The van der Waals surface area contributed by atoms with Crippen molar-refractivity contribution in [2.45, 2.75) is 32.0 Å². The molecule has 19 heavy (non-hydrogen) atoms. The first-order valence-electron chi connectivity index (χ1n) is 5.84. The van der Waals surface area contributed by atoms with Gasteiger partial charge in [-0.15, -0.1) is 0 Å². The minimum atomic E-state index is -4.47. The minimum Gasteiger partial charge on any atom is -0.345 e. The Labute approximate surface area is 113 Å². The van der Waals surface area contributed by atoms with Gasteiger partial charge in [0.25, 0.3) is 0 Å². The summed E-state index contributed by atoms with van der Waals surface area (Å²) in [5.74, 6) is 0.289. The molecule has 1 unspecified atom stereocenters. The molecule has 0 bridgehead atoms. The van der Waals surface area contributed by atoms with Crippen molar-refractivity contribution in [3.63, 3.8) is 0 Å². The lowest BCUT2D eigenvalue weighted by molar-refractivity contribution is -0.137. The third-order valence-electron chi connectivity index (χ3n) is 3.14. The van der Waals surface area contributed by atoms with Gasteiger partial charge in [-0.2, -0.15) is 13.2 Å². The van der Waals surface area contributed by atoms with Crippen molar-refractivity contribution in [2.24, 2.45) is 0 Å². The number of pyridine rings is 1. The Morgan fingerprint density at radius 3 is 2.74 bits per heavy atom. The third kappa shape index (κ3) is 2.83. The van der Waals surface area contributed by atoms with Crippen molar-refractivity contribution in [2.75, 3.05) is 11.4 Å². The van der Waals surface area contributed by atoms with Crippen molar-refractivity contribution in [1.29, 1.82) is 0 Å². The molecule has 1 saturated heterocycles. The van der Waals surface area contributed by atoms with E-state index in [-0.39, 0.29) is 29.2 Å². The molecule has 0 aromatic carbocycles. The van der Waals surface area contributed by atoms with E-state index < -0.39 is 11.7 Å². The van der Waals surface area contributed by atoms with Crippen LogP contribution in [0.25, 0.3) is 0 Å². The molecule has 7 heteroatoms. The summed E-state index contributed by atoms with van der Waals surface area (Å²) in [5.41, 5.74) is -0.889. The molecule has 1 aromatic rings. The van der Waals surface area contributed by atoms with Gasteiger partial charge in [-0.3, -0.25) is 4.79 Å². The van der Waals surface area contributed by atoms with Crippen molar-refractivity contribution >= 4 is 23.2 Å². The fraction of sp³-hybridized carbons (Fsp3) is 0.500. The molecule has 0 aliphatic carbocycles.